The second-order valence-electron chi connectivity index (χ2n) is 5.20. The van der Waals surface area contributed by atoms with Crippen molar-refractivity contribution in [2.75, 3.05) is 18.1 Å². The maximum atomic E-state index is 12.4. The molecule has 1 aromatic carbocycles. The van der Waals surface area contributed by atoms with E-state index in [-0.39, 0.29) is 5.91 Å². The number of aliphatic carboxylic acids is 1. The van der Waals surface area contributed by atoms with Gasteiger partial charge >= 0.3 is 5.97 Å². The monoisotopic (exact) mass is 293 g/mol. The van der Waals surface area contributed by atoms with Gasteiger partial charge in [0, 0.05) is 23.6 Å². The van der Waals surface area contributed by atoms with Crippen LogP contribution >= 0.6 is 11.8 Å². The number of amides is 1. The van der Waals surface area contributed by atoms with E-state index < -0.39 is 12.0 Å². The predicted molar refractivity (Wildman–Crippen MR) is 80.3 cm³/mol. The van der Waals surface area contributed by atoms with E-state index in [1.54, 1.807) is 23.9 Å². The largest absolute Gasteiger partial charge is 0.480 e. The molecule has 1 amide bonds. The maximum Gasteiger partial charge on any atom is 0.327 e. The third kappa shape index (κ3) is 3.15. The van der Waals surface area contributed by atoms with Crippen LogP contribution in [0, 0.1) is 0 Å². The van der Waals surface area contributed by atoms with Gasteiger partial charge in [-0.2, -0.15) is 11.8 Å². The summed E-state index contributed by atoms with van der Waals surface area (Å²) in [6.45, 7) is 4.69. The molecule has 5 heteroatoms. The lowest BCUT2D eigenvalue weighted by molar-refractivity contribution is -0.141. The molecule has 0 saturated carbocycles. The van der Waals surface area contributed by atoms with Crippen molar-refractivity contribution in [3.8, 4) is 0 Å². The van der Waals surface area contributed by atoms with Gasteiger partial charge in [-0.05, 0) is 23.6 Å². The van der Waals surface area contributed by atoms with Crippen molar-refractivity contribution in [2.45, 2.75) is 25.8 Å². The third-order valence-electron chi connectivity index (χ3n) is 3.50. The quantitative estimate of drug-likeness (QED) is 0.930. The number of hydrogen-bond donors (Lipinski definition) is 1. The molecular weight excluding hydrogens is 274 g/mol. The Morgan fingerprint density at radius 2 is 1.95 bits per heavy atom. The van der Waals surface area contributed by atoms with Crippen molar-refractivity contribution in [1.82, 2.24) is 4.90 Å². The Kier molecular flexibility index (Phi) is 4.70. The Morgan fingerprint density at radius 1 is 1.30 bits per heavy atom. The van der Waals surface area contributed by atoms with Gasteiger partial charge in [0.15, 0.2) is 0 Å². The fourth-order valence-electron chi connectivity index (χ4n) is 2.23. The summed E-state index contributed by atoms with van der Waals surface area (Å²) in [5.41, 5.74) is 1.73. The van der Waals surface area contributed by atoms with E-state index in [0.717, 1.165) is 5.75 Å². The zero-order valence-electron chi connectivity index (χ0n) is 11.7. The van der Waals surface area contributed by atoms with Gasteiger partial charge < -0.3 is 10.0 Å². The minimum atomic E-state index is -0.927. The number of hydrogen-bond acceptors (Lipinski definition) is 3. The molecule has 1 fully saturated rings. The van der Waals surface area contributed by atoms with Crippen LogP contribution in [0.5, 0.6) is 0 Å². The second kappa shape index (κ2) is 6.31. The average Bonchev–Trinajstić information content (AvgIpc) is 2.46. The van der Waals surface area contributed by atoms with Crippen LogP contribution in [0.25, 0.3) is 0 Å². The van der Waals surface area contributed by atoms with Crippen molar-refractivity contribution in [2.24, 2.45) is 0 Å². The summed E-state index contributed by atoms with van der Waals surface area (Å²) in [5.74, 6) is 0.555. The Hall–Kier alpha value is -1.49. The molecule has 0 aliphatic carbocycles. The van der Waals surface area contributed by atoms with Crippen molar-refractivity contribution in [1.29, 1.82) is 0 Å². The van der Waals surface area contributed by atoms with Crippen molar-refractivity contribution in [3.05, 3.63) is 35.4 Å². The molecule has 0 bridgehead atoms. The molecule has 0 spiro atoms. The molecule has 1 atom stereocenters. The molecule has 20 heavy (non-hydrogen) atoms. The highest BCUT2D eigenvalue weighted by Gasteiger charge is 2.32. The molecule has 2 rings (SSSR count). The Bertz CT molecular complexity index is 498. The summed E-state index contributed by atoms with van der Waals surface area (Å²) in [5, 5.41) is 9.21. The maximum absolute atomic E-state index is 12.4. The molecule has 1 unspecified atom stereocenters. The van der Waals surface area contributed by atoms with Gasteiger partial charge in [-0.15, -0.1) is 0 Å². The summed E-state index contributed by atoms with van der Waals surface area (Å²) in [7, 11) is 0. The van der Waals surface area contributed by atoms with Crippen LogP contribution in [0.2, 0.25) is 0 Å². The minimum absolute atomic E-state index is 0.187. The van der Waals surface area contributed by atoms with Gasteiger partial charge in [0.25, 0.3) is 5.91 Å². The highest BCUT2D eigenvalue weighted by atomic mass is 32.2. The molecule has 0 radical (unpaired) electrons. The summed E-state index contributed by atoms with van der Waals surface area (Å²) >= 11 is 1.58. The zero-order chi connectivity index (χ0) is 14.7. The van der Waals surface area contributed by atoms with E-state index >= 15 is 0 Å². The molecule has 1 aliphatic heterocycles. The summed E-state index contributed by atoms with van der Waals surface area (Å²) in [4.78, 5) is 25.2. The number of nitrogens with zero attached hydrogens (tertiary/aromatic N) is 1. The third-order valence-corrected chi connectivity index (χ3v) is 4.52. The normalized spacial score (nSPS) is 19.1. The SMILES string of the molecule is CC(C)c1ccc(C(=O)N2CCSCC2C(=O)O)cc1. The van der Waals surface area contributed by atoms with Crippen molar-refractivity contribution < 1.29 is 14.7 Å². The van der Waals surface area contributed by atoms with E-state index in [4.69, 9.17) is 0 Å². The lowest BCUT2D eigenvalue weighted by Crippen LogP contribution is -2.50. The summed E-state index contributed by atoms with van der Waals surface area (Å²) in [6.07, 6.45) is 0. The van der Waals surface area contributed by atoms with Gasteiger partial charge in [-0.3, -0.25) is 4.79 Å². The molecule has 1 aliphatic rings. The Morgan fingerprint density at radius 3 is 2.50 bits per heavy atom. The fraction of sp³-hybridized carbons (Fsp3) is 0.467. The van der Waals surface area contributed by atoms with Crippen LogP contribution in [0.4, 0.5) is 0 Å². The number of benzene rings is 1. The van der Waals surface area contributed by atoms with Crippen LogP contribution < -0.4 is 0 Å². The molecule has 108 valence electrons. The molecule has 1 aromatic rings. The topological polar surface area (TPSA) is 57.6 Å². The van der Waals surface area contributed by atoms with E-state index in [0.29, 0.717) is 23.8 Å². The summed E-state index contributed by atoms with van der Waals surface area (Å²) in [6, 6.07) is 6.74. The highest BCUT2D eigenvalue weighted by molar-refractivity contribution is 7.99. The van der Waals surface area contributed by atoms with Gasteiger partial charge in [-0.25, -0.2) is 4.79 Å². The van der Waals surface area contributed by atoms with Crippen LogP contribution in [0.1, 0.15) is 35.7 Å². The van der Waals surface area contributed by atoms with Gasteiger partial charge in [0.05, 0.1) is 0 Å². The zero-order valence-corrected chi connectivity index (χ0v) is 12.5. The molecule has 4 nitrogen and oxygen atoms in total. The lowest BCUT2D eigenvalue weighted by atomic mass is 10.0. The smallest absolute Gasteiger partial charge is 0.327 e. The Labute approximate surface area is 123 Å². The van der Waals surface area contributed by atoms with Crippen LogP contribution in [0.15, 0.2) is 24.3 Å². The standard InChI is InChI=1S/C15H19NO3S/c1-10(2)11-3-5-12(6-4-11)14(17)16-7-8-20-9-13(16)15(18)19/h3-6,10,13H,7-9H2,1-2H3,(H,18,19). The number of thioether (sulfide) groups is 1. The van der Waals surface area contributed by atoms with E-state index in [1.165, 1.54) is 10.5 Å². The van der Waals surface area contributed by atoms with Gasteiger partial charge in [-0.1, -0.05) is 26.0 Å². The number of carbonyl (C=O) groups is 2. The first-order valence-electron chi connectivity index (χ1n) is 6.72. The fourth-order valence-corrected chi connectivity index (χ4v) is 3.27. The van der Waals surface area contributed by atoms with E-state index in [1.807, 2.05) is 12.1 Å². The molecule has 1 heterocycles. The molecule has 1 N–H and O–H groups in total. The van der Waals surface area contributed by atoms with Gasteiger partial charge in [0.1, 0.15) is 6.04 Å². The molecule has 1 saturated heterocycles. The predicted octanol–water partition coefficient (Wildman–Crippen LogP) is 2.45. The minimum Gasteiger partial charge on any atom is -0.480 e. The number of carboxylic acid groups (broad SMARTS) is 1. The second-order valence-corrected chi connectivity index (χ2v) is 6.35. The first-order valence-corrected chi connectivity index (χ1v) is 7.87. The van der Waals surface area contributed by atoms with Crippen molar-refractivity contribution in [3.63, 3.8) is 0 Å². The number of carbonyl (C=O) groups excluding carboxylic acids is 1. The van der Waals surface area contributed by atoms with E-state index in [9.17, 15) is 14.7 Å². The average molecular weight is 293 g/mol. The summed E-state index contributed by atoms with van der Waals surface area (Å²) < 4.78 is 0. The van der Waals surface area contributed by atoms with Gasteiger partial charge in [0.2, 0.25) is 0 Å². The first kappa shape index (κ1) is 14.9. The van der Waals surface area contributed by atoms with E-state index in [2.05, 4.69) is 13.8 Å². The van der Waals surface area contributed by atoms with Crippen LogP contribution in [-0.2, 0) is 4.79 Å². The lowest BCUT2D eigenvalue weighted by Gasteiger charge is -2.32. The number of carboxylic acids is 1. The molecular formula is C15H19NO3S. The highest BCUT2D eigenvalue weighted by Crippen LogP contribution is 2.21. The van der Waals surface area contributed by atoms with Crippen molar-refractivity contribution >= 4 is 23.6 Å². The number of rotatable bonds is 3. The Balaban J connectivity index is 2.18. The van der Waals surface area contributed by atoms with Crippen LogP contribution in [0.3, 0.4) is 0 Å². The first-order chi connectivity index (χ1) is 9.50. The van der Waals surface area contributed by atoms with Crippen LogP contribution in [-0.4, -0.2) is 46.0 Å². The molecule has 0 aromatic heterocycles.